The van der Waals surface area contributed by atoms with Crippen LogP contribution in [0, 0.1) is 0 Å². The van der Waals surface area contributed by atoms with Crippen LogP contribution in [0.3, 0.4) is 0 Å². The molecule has 0 aliphatic heterocycles. The molecular weight excluding hydrogens is 194 g/mol. The number of nitrogens with two attached hydrogens (primary N) is 1. The molecule has 1 aromatic rings. The van der Waals surface area contributed by atoms with E-state index in [2.05, 4.69) is 30.9 Å². The van der Waals surface area contributed by atoms with Crippen LogP contribution in [0.4, 0.5) is 0 Å². The number of hydrogen-bond acceptors (Lipinski definition) is 1. The van der Waals surface area contributed by atoms with Crippen molar-refractivity contribution in [3.8, 4) is 0 Å². The molecule has 0 radical (unpaired) electrons. The van der Waals surface area contributed by atoms with Crippen LogP contribution in [0.1, 0.15) is 17.9 Å². The van der Waals surface area contributed by atoms with Gasteiger partial charge in [0.25, 0.3) is 0 Å². The highest BCUT2D eigenvalue weighted by molar-refractivity contribution is 5.34. The van der Waals surface area contributed by atoms with Gasteiger partial charge in [-0.2, -0.15) is 0 Å². The first-order valence-electron chi connectivity index (χ1n) is 5.57. The van der Waals surface area contributed by atoms with Gasteiger partial charge < -0.3 is 5.73 Å². The molecule has 1 heteroatoms. The van der Waals surface area contributed by atoms with E-state index in [0.717, 1.165) is 6.42 Å². The summed E-state index contributed by atoms with van der Waals surface area (Å²) >= 11 is 0. The second-order valence-electron chi connectivity index (χ2n) is 4.23. The van der Waals surface area contributed by atoms with E-state index in [1.807, 2.05) is 36.4 Å². The zero-order chi connectivity index (χ0) is 11.4. The van der Waals surface area contributed by atoms with Crippen molar-refractivity contribution in [2.75, 3.05) is 0 Å². The van der Waals surface area contributed by atoms with E-state index in [9.17, 15) is 0 Å². The van der Waals surface area contributed by atoms with Crippen LogP contribution in [0.5, 0.6) is 0 Å². The first-order valence-corrected chi connectivity index (χ1v) is 5.57. The fraction of sp³-hybridized carbons (Fsp3) is 0.200. The zero-order valence-corrected chi connectivity index (χ0v) is 9.34. The van der Waals surface area contributed by atoms with Gasteiger partial charge in [-0.15, -0.1) is 6.58 Å². The maximum absolute atomic E-state index is 6.44. The molecule has 1 aromatic carbocycles. The third-order valence-electron chi connectivity index (χ3n) is 3.10. The van der Waals surface area contributed by atoms with Crippen molar-refractivity contribution in [1.82, 2.24) is 0 Å². The first kappa shape index (κ1) is 10.9. The average Bonchev–Trinajstić information content (AvgIpc) is 2.32. The Balaban J connectivity index is 2.33. The second kappa shape index (κ2) is 4.50. The van der Waals surface area contributed by atoms with E-state index in [0.29, 0.717) is 0 Å². The molecule has 0 heterocycles. The van der Waals surface area contributed by atoms with Gasteiger partial charge in [0.1, 0.15) is 0 Å². The van der Waals surface area contributed by atoms with Gasteiger partial charge in [0.2, 0.25) is 0 Å². The SMILES string of the molecule is C=CC(c1ccccc1)C1(N)C=CC=CC1. The highest BCUT2D eigenvalue weighted by Gasteiger charge is 2.31. The molecule has 16 heavy (non-hydrogen) atoms. The minimum Gasteiger partial charge on any atom is -0.321 e. The Kier molecular flexibility index (Phi) is 3.07. The van der Waals surface area contributed by atoms with Crippen molar-refractivity contribution in [1.29, 1.82) is 0 Å². The highest BCUT2D eigenvalue weighted by Crippen LogP contribution is 2.33. The maximum Gasteiger partial charge on any atom is 0.0481 e. The first-order chi connectivity index (χ1) is 7.76. The lowest BCUT2D eigenvalue weighted by atomic mass is 9.76. The van der Waals surface area contributed by atoms with Crippen LogP contribution in [0.25, 0.3) is 0 Å². The van der Waals surface area contributed by atoms with Crippen LogP contribution in [-0.2, 0) is 0 Å². The van der Waals surface area contributed by atoms with Gasteiger partial charge in [-0.1, -0.05) is 60.7 Å². The molecule has 0 bridgehead atoms. The summed E-state index contributed by atoms with van der Waals surface area (Å²) in [6.45, 7) is 3.92. The van der Waals surface area contributed by atoms with E-state index >= 15 is 0 Å². The van der Waals surface area contributed by atoms with Crippen molar-refractivity contribution in [2.45, 2.75) is 17.9 Å². The summed E-state index contributed by atoms with van der Waals surface area (Å²) in [4.78, 5) is 0. The highest BCUT2D eigenvalue weighted by atomic mass is 14.7. The number of rotatable bonds is 3. The molecule has 2 atom stereocenters. The molecule has 0 fully saturated rings. The largest absolute Gasteiger partial charge is 0.321 e. The number of hydrogen-bond donors (Lipinski definition) is 1. The minimum atomic E-state index is -0.335. The van der Waals surface area contributed by atoms with Gasteiger partial charge in [0.15, 0.2) is 0 Å². The third kappa shape index (κ3) is 2.00. The molecule has 2 unspecified atom stereocenters. The van der Waals surface area contributed by atoms with Crippen LogP contribution < -0.4 is 5.73 Å². The standard InChI is InChI=1S/C15H17N/c1-2-14(13-9-5-3-6-10-13)15(16)11-7-4-8-12-15/h2-11,14H,1,12,16H2. The van der Waals surface area contributed by atoms with E-state index in [4.69, 9.17) is 5.73 Å². The van der Waals surface area contributed by atoms with Gasteiger partial charge in [-0.25, -0.2) is 0 Å². The molecule has 0 saturated heterocycles. The van der Waals surface area contributed by atoms with Crippen LogP contribution in [-0.4, -0.2) is 5.54 Å². The third-order valence-corrected chi connectivity index (χ3v) is 3.10. The lowest BCUT2D eigenvalue weighted by Crippen LogP contribution is -2.43. The monoisotopic (exact) mass is 211 g/mol. The quantitative estimate of drug-likeness (QED) is 0.763. The van der Waals surface area contributed by atoms with Gasteiger partial charge in [0, 0.05) is 11.5 Å². The molecule has 0 saturated carbocycles. The summed E-state index contributed by atoms with van der Waals surface area (Å²) in [5.41, 5.74) is 7.32. The molecule has 2 N–H and O–H groups in total. The predicted octanol–water partition coefficient (Wildman–Crippen LogP) is 3.17. The van der Waals surface area contributed by atoms with Gasteiger partial charge in [-0.3, -0.25) is 0 Å². The summed E-state index contributed by atoms with van der Waals surface area (Å²) in [6.07, 6.45) is 11.0. The topological polar surface area (TPSA) is 26.0 Å². The Hall–Kier alpha value is -1.60. The van der Waals surface area contributed by atoms with E-state index in [1.54, 1.807) is 0 Å². The normalized spacial score (nSPS) is 25.3. The molecule has 0 spiro atoms. The predicted molar refractivity (Wildman–Crippen MR) is 69.2 cm³/mol. The van der Waals surface area contributed by atoms with Crippen LogP contribution in [0.15, 0.2) is 67.3 Å². The Labute approximate surface area is 97.0 Å². The second-order valence-corrected chi connectivity index (χ2v) is 4.23. The summed E-state index contributed by atoms with van der Waals surface area (Å²) in [5, 5.41) is 0. The van der Waals surface area contributed by atoms with Gasteiger partial charge in [-0.05, 0) is 12.0 Å². The van der Waals surface area contributed by atoms with Gasteiger partial charge in [0.05, 0.1) is 0 Å². The molecular formula is C15H17N. The number of benzene rings is 1. The molecule has 0 aromatic heterocycles. The molecule has 1 aliphatic rings. The summed E-state index contributed by atoms with van der Waals surface area (Å²) in [7, 11) is 0. The number of allylic oxidation sites excluding steroid dienone is 2. The van der Waals surface area contributed by atoms with Crippen molar-refractivity contribution in [3.63, 3.8) is 0 Å². The lowest BCUT2D eigenvalue weighted by Gasteiger charge is -2.34. The van der Waals surface area contributed by atoms with Crippen molar-refractivity contribution in [3.05, 3.63) is 72.9 Å². The van der Waals surface area contributed by atoms with E-state index < -0.39 is 0 Å². The molecule has 0 amide bonds. The van der Waals surface area contributed by atoms with E-state index in [-0.39, 0.29) is 11.5 Å². The lowest BCUT2D eigenvalue weighted by molar-refractivity contribution is 0.479. The van der Waals surface area contributed by atoms with Crippen molar-refractivity contribution < 1.29 is 0 Å². The average molecular weight is 211 g/mol. The fourth-order valence-corrected chi connectivity index (χ4v) is 2.21. The summed E-state index contributed by atoms with van der Waals surface area (Å²) in [6, 6.07) is 10.3. The zero-order valence-electron chi connectivity index (χ0n) is 9.34. The molecule has 1 nitrogen and oxygen atoms in total. The van der Waals surface area contributed by atoms with Crippen molar-refractivity contribution >= 4 is 0 Å². The molecule has 2 rings (SSSR count). The van der Waals surface area contributed by atoms with Gasteiger partial charge >= 0.3 is 0 Å². The smallest absolute Gasteiger partial charge is 0.0481 e. The van der Waals surface area contributed by atoms with Crippen LogP contribution in [0.2, 0.25) is 0 Å². The van der Waals surface area contributed by atoms with Crippen molar-refractivity contribution in [2.24, 2.45) is 5.73 Å². The van der Waals surface area contributed by atoms with Crippen LogP contribution >= 0.6 is 0 Å². The Morgan fingerprint density at radius 2 is 2.00 bits per heavy atom. The Morgan fingerprint density at radius 3 is 2.56 bits per heavy atom. The maximum atomic E-state index is 6.44. The Morgan fingerprint density at radius 1 is 1.25 bits per heavy atom. The summed E-state index contributed by atoms with van der Waals surface area (Å²) in [5.74, 6) is 0.162. The Bertz CT molecular complexity index is 416. The summed E-state index contributed by atoms with van der Waals surface area (Å²) < 4.78 is 0. The molecule has 1 aliphatic carbocycles. The minimum absolute atomic E-state index is 0.162. The molecule has 82 valence electrons. The van der Waals surface area contributed by atoms with E-state index in [1.165, 1.54) is 5.56 Å². The fourth-order valence-electron chi connectivity index (χ4n) is 2.21.